The van der Waals surface area contributed by atoms with Crippen molar-refractivity contribution < 1.29 is 14.3 Å². The number of nitrogens with zero attached hydrogens (tertiary/aromatic N) is 4. The van der Waals surface area contributed by atoms with E-state index in [1.54, 1.807) is 44.6 Å². The lowest BCUT2D eigenvalue weighted by Gasteiger charge is -2.10. The molecule has 0 aliphatic carbocycles. The number of rotatable bonds is 9. The summed E-state index contributed by atoms with van der Waals surface area (Å²) in [7, 11) is 3.14. The number of nitrogens with one attached hydrogen (secondary N) is 1. The zero-order valence-electron chi connectivity index (χ0n) is 19.0. The highest BCUT2D eigenvalue weighted by molar-refractivity contribution is 7.99. The molecule has 0 atom stereocenters. The lowest BCUT2D eigenvalue weighted by molar-refractivity contribution is -0.118. The van der Waals surface area contributed by atoms with E-state index in [-0.39, 0.29) is 11.7 Å². The molecule has 0 aliphatic rings. The summed E-state index contributed by atoms with van der Waals surface area (Å²) in [4.78, 5) is 12.5. The molecule has 0 fully saturated rings. The molecule has 0 unspecified atom stereocenters. The van der Waals surface area contributed by atoms with Crippen molar-refractivity contribution in [3.8, 4) is 28.6 Å². The van der Waals surface area contributed by atoms with Crippen LogP contribution in [0.3, 0.4) is 0 Å². The smallest absolute Gasteiger partial charge is 0.250 e. The maximum Gasteiger partial charge on any atom is 0.250 e. The van der Waals surface area contributed by atoms with Crippen LogP contribution < -0.4 is 14.9 Å². The summed E-state index contributed by atoms with van der Waals surface area (Å²) in [6.07, 6.45) is 1.52. The van der Waals surface area contributed by atoms with Crippen LogP contribution in [0.5, 0.6) is 11.5 Å². The topological polar surface area (TPSA) is 90.6 Å². The minimum atomic E-state index is -0.286. The van der Waals surface area contributed by atoms with Gasteiger partial charge in [-0.25, -0.2) is 5.43 Å². The molecule has 1 heterocycles. The second kappa shape index (κ2) is 11.5. The molecule has 4 aromatic rings. The van der Waals surface area contributed by atoms with E-state index in [0.717, 1.165) is 11.3 Å². The highest BCUT2D eigenvalue weighted by Crippen LogP contribution is 2.28. The van der Waals surface area contributed by atoms with Gasteiger partial charge in [-0.2, -0.15) is 5.10 Å². The molecule has 0 aliphatic heterocycles. The van der Waals surface area contributed by atoms with Gasteiger partial charge in [0.05, 0.1) is 26.2 Å². The van der Waals surface area contributed by atoms with Gasteiger partial charge < -0.3 is 9.47 Å². The standard InChI is InChI=1S/C25H22ClN5O3S/c1-33-21-13-8-18(22(14-21)34-2)15-27-28-23(32)16-35-25-30-29-24(17-6-4-3-5-7-17)31(25)20-11-9-19(26)10-12-20/h3-15H,16H2,1-2H3,(H,28,32). The van der Waals surface area contributed by atoms with Gasteiger partial charge in [0.1, 0.15) is 11.5 Å². The summed E-state index contributed by atoms with van der Waals surface area (Å²) in [6, 6.07) is 22.4. The number of hydrazone groups is 1. The Morgan fingerprint density at radius 3 is 2.54 bits per heavy atom. The van der Waals surface area contributed by atoms with Crippen molar-refractivity contribution in [2.75, 3.05) is 20.0 Å². The molecule has 4 rings (SSSR count). The number of carbonyl (C=O) groups is 1. The highest BCUT2D eigenvalue weighted by atomic mass is 35.5. The monoisotopic (exact) mass is 507 g/mol. The van der Waals surface area contributed by atoms with Gasteiger partial charge in [-0.1, -0.05) is 53.7 Å². The van der Waals surface area contributed by atoms with Crippen LogP contribution in [0.25, 0.3) is 17.1 Å². The van der Waals surface area contributed by atoms with Gasteiger partial charge in [0, 0.05) is 27.9 Å². The lowest BCUT2D eigenvalue weighted by atomic mass is 10.2. The number of thioether (sulfide) groups is 1. The van der Waals surface area contributed by atoms with Crippen molar-refractivity contribution in [1.82, 2.24) is 20.2 Å². The summed E-state index contributed by atoms with van der Waals surface area (Å²) in [6.45, 7) is 0. The Balaban J connectivity index is 1.48. The van der Waals surface area contributed by atoms with E-state index in [9.17, 15) is 4.79 Å². The highest BCUT2D eigenvalue weighted by Gasteiger charge is 2.17. The van der Waals surface area contributed by atoms with Crippen LogP contribution in [-0.4, -0.2) is 46.9 Å². The predicted octanol–water partition coefficient (Wildman–Crippen LogP) is 4.85. The molecule has 8 nitrogen and oxygen atoms in total. The van der Waals surface area contributed by atoms with E-state index in [1.165, 1.54) is 18.0 Å². The van der Waals surface area contributed by atoms with E-state index in [0.29, 0.717) is 33.1 Å². The number of hydrogen-bond acceptors (Lipinski definition) is 7. The minimum absolute atomic E-state index is 0.0948. The van der Waals surface area contributed by atoms with Gasteiger partial charge in [0.2, 0.25) is 0 Å². The average molecular weight is 508 g/mol. The molecule has 1 aromatic heterocycles. The number of carbonyl (C=O) groups excluding carboxylic acids is 1. The molecule has 0 saturated carbocycles. The lowest BCUT2D eigenvalue weighted by Crippen LogP contribution is -2.20. The normalized spacial score (nSPS) is 10.9. The van der Waals surface area contributed by atoms with Crippen LogP contribution in [0.1, 0.15) is 5.56 Å². The van der Waals surface area contributed by atoms with Crippen LogP contribution in [0.2, 0.25) is 5.02 Å². The summed E-state index contributed by atoms with van der Waals surface area (Å²) in [5, 5.41) is 13.9. The Morgan fingerprint density at radius 1 is 1.06 bits per heavy atom. The number of methoxy groups -OCH3 is 2. The molecule has 0 saturated heterocycles. The Morgan fingerprint density at radius 2 is 1.83 bits per heavy atom. The van der Waals surface area contributed by atoms with Crippen molar-refractivity contribution in [3.63, 3.8) is 0 Å². The quantitative estimate of drug-likeness (QED) is 0.198. The van der Waals surface area contributed by atoms with E-state index in [2.05, 4.69) is 20.7 Å². The van der Waals surface area contributed by atoms with Gasteiger partial charge in [0.15, 0.2) is 11.0 Å². The molecule has 35 heavy (non-hydrogen) atoms. The summed E-state index contributed by atoms with van der Waals surface area (Å²) >= 11 is 7.33. The molecule has 1 N–H and O–H groups in total. The summed E-state index contributed by atoms with van der Waals surface area (Å²) in [5.74, 6) is 1.73. The molecule has 178 valence electrons. The van der Waals surface area contributed by atoms with Crippen molar-refractivity contribution >= 4 is 35.5 Å². The van der Waals surface area contributed by atoms with E-state index < -0.39 is 0 Å². The van der Waals surface area contributed by atoms with Crippen molar-refractivity contribution in [2.24, 2.45) is 5.10 Å². The van der Waals surface area contributed by atoms with E-state index >= 15 is 0 Å². The summed E-state index contributed by atoms with van der Waals surface area (Å²) < 4.78 is 12.4. The third-order valence-electron chi connectivity index (χ3n) is 4.92. The number of benzene rings is 3. The fraction of sp³-hybridized carbons (Fsp3) is 0.120. The zero-order valence-corrected chi connectivity index (χ0v) is 20.6. The van der Waals surface area contributed by atoms with E-state index in [1.807, 2.05) is 47.0 Å². The zero-order chi connectivity index (χ0) is 24.6. The molecule has 10 heteroatoms. The second-order valence-corrected chi connectivity index (χ2v) is 8.55. The number of halogens is 1. The predicted molar refractivity (Wildman–Crippen MR) is 138 cm³/mol. The molecular weight excluding hydrogens is 486 g/mol. The Labute approximate surface area is 211 Å². The fourth-order valence-corrected chi connectivity index (χ4v) is 4.09. The van der Waals surface area contributed by atoms with Gasteiger partial charge in [-0.3, -0.25) is 9.36 Å². The molecule has 1 amide bonds. The van der Waals surface area contributed by atoms with Crippen LogP contribution in [0, 0.1) is 0 Å². The third kappa shape index (κ3) is 6.00. The first-order valence-corrected chi connectivity index (χ1v) is 11.9. The summed E-state index contributed by atoms with van der Waals surface area (Å²) in [5.41, 5.74) is 4.98. The molecule has 0 spiro atoms. The van der Waals surface area contributed by atoms with Gasteiger partial charge in [0.25, 0.3) is 5.91 Å². The SMILES string of the molecule is COc1ccc(C=NNC(=O)CSc2nnc(-c3ccccc3)n2-c2ccc(Cl)cc2)c(OC)c1. The molecule has 0 radical (unpaired) electrons. The number of ether oxygens (including phenoxy) is 2. The van der Waals surface area contributed by atoms with Crippen LogP contribution in [-0.2, 0) is 4.79 Å². The fourth-order valence-electron chi connectivity index (χ4n) is 3.22. The Hall–Kier alpha value is -3.82. The maximum absolute atomic E-state index is 12.5. The first-order chi connectivity index (χ1) is 17.1. The van der Waals surface area contributed by atoms with Crippen LogP contribution in [0.4, 0.5) is 0 Å². The molecular formula is C25H22ClN5O3S. The second-order valence-electron chi connectivity index (χ2n) is 7.17. The Bertz CT molecular complexity index is 1330. The van der Waals surface area contributed by atoms with Crippen LogP contribution in [0.15, 0.2) is 83.1 Å². The minimum Gasteiger partial charge on any atom is -0.497 e. The van der Waals surface area contributed by atoms with Gasteiger partial charge in [-0.15, -0.1) is 10.2 Å². The van der Waals surface area contributed by atoms with E-state index in [4.69, 9.17) is 21.1 Å². The number of hydrogen-bond donors (Lipinski definition) is 1. The number of aromatic nitrogens is 3. The number of amides is 1. The Kier molecular flexibility index (Phi) is 8.02. The maximum atomic E-state index is 12.5. The largest absolute Gasteiger partial charge is 0.497 e. The van der Waals surface area contributed by atoms with Crippen molar-refractivity contribution in [1.29, 1.82) is 0 Å². The molecule has 3 aromatic carbocycles. The third-order valence-corrected chi connectivity index (χ3v) is 6.10. The van der Waals surface area contributed by atoms with Crippen molar-refractivity contribution in [3.05, 3.63) is 83.4 Å². The average Bonchev–Trinajstić information content (AvgIpc) is 3.32. The van der Waals surface area contributed by atoms with Crippen molar-refractivity contribution in [2.45, 2.75) is 5.16 Å². The first-order valence-electron chi connectivity index (χ1n) is 10.5. The first kappa shape index (κ1) is 24.3. The molecule has 0 bridgehead atoms. The van der Waals surface area contributed by atoms with Crippen LogP contribution >= 0.6 is 23.4 Å². The van der Waals surface area contributed by atoms with Gasteiger partial charge >= 0.3 is 0 Å². The van der Waals surface area contributed by atoms with Gasteiger partial charge in [-0.05, 0) is 36.4 Å².